The van der Waals surface area contributed by atoms with E-state index in [1.54, 1.807) is 0 Å². The molecule has 1 atom stereocenters. The molecule has 2 aromatic carbocycles. The molecule has 1 unspecified atom stereocenters. The smallest absolute Gasteiger partial charge is 0.407 e. The molecule has 2 aromatic rings. The molecule has 6 nitrogen and oxygen atoms in total. The molecule has 1 aliphatic heterocycles. The molecule has 200 valence electrons. The number of hydrogen-bond donors (Lipinski definition) is 2. The Morgan fingerprint density at radius 2 is 1.68 bits per heavy atom. The third-order valence-electron chi connectivity index (χ3n) is 7.41. The van der Waals surface area contributed by atoms with Gasteiger partial charge in [-0.2, -0.15) is 0 Å². The largest absolute Gasteiger partial charge is 0.446 e. The standard InChI is InChI=1S/C30H39BrN2O4/c1-29(2,3)32-28(35)37-25-14-18-33(19-15-25)27(34)26(30(36)16-5-4-6-17-30)22-12-10-21(11-13-22)23-8-7-9-24(31)20-23/h7-13,20,25-26,36H,4-6,14-19H2,1-3H3,(H,32,35). The van der Waals surface area contributed by atoms with Crippen LogP contribution >= 0.6 is 15.9 Å². The quantitative estimate of drug-likeness (QED) is 0.435. The summed E-state index contributed by atoms with van der Waals surface area (Å²) in [7, 11) is 0. The number of hydrogen-bond acceptors (Lipinski definition) is 4. The van der Waals surface area contributed by atoms with Crippen molar-refractivity contribution in [2.45, 2.75) is 88.9 Å². The van der Waals surface area contributed by atoms with Gasteiger partial charge in [-0.1, -0.05) is 71.6 Å². The first-order chi connectivity index (χ1) is 17.5. The zero-order valence-corrected chi connectivity index (χ0v) is 23.7. The fourth-order valence-corrected chi connectivity index (χ4v) is 5.93. The van der Waals surface area contributed by atoms with Crippen LogP contribution in [0.4, 0.5) is 4.79 Å². The van der Waals surface area contributed by atoms with Crippen LogP contribution in [0, 0.1) is 0 Å². The molecule has 7 heteroatoms. The number of aliphatic hydroxyl groups is 1. The van der Waals surface area contributed by atoms with E-state index in [0.29, 0.717) is 38.8 Å². The van der Waals surface area contributed by atoms with E-state index in [2.05, 4.69) is 33.4 Å². The minimum atomic E-state index is -1.05. The van der Waals surface area contributed by atoms with Crippen LogP contribution in [0.15, 0.2) is 53.0 Å². The van der Waals surface area contributed by atoms with Gasteiger partial charge in [0.25, 0.3) is 0 Å². The number of likely N-dealkylation sites (tertiary alicyclic amines) is 1. The summed E-state index contributed by atoms with van der Waals surface area (Å²) >= 11 is 3.53. The predicted molar refractivity (Wildman–Crippen MR) is 149 cm³/mol. The predicted octanol–water partition coefficient (Wildman–Crippen LogP) is 6.41. The maximum atomic E-state index is 14.0. The molecule has 2 N–H and O–H groups in total. The molecule has 2 fully saturated rings. The first kappa shape index (κ1) is 27.6. The second-order valence-corrected chi connectivity index (χ2v) is 12.5. The highest BCUT2D eigenvalue weighted by Crippen LogP contribution is 2.42. The number of carbonyl (C=O) groups excluding carboxylic acids is 2. The first-order valence-electron chi connectivity index (χ1n) is 13.4. The molecular formula is C30H39BrN2O4. The fourth-order valence-electron chi connectivity index (χ4n) is 5.54. The van der Waals surface area contributed by atoms with Crippen LogP contribution in [0.1, 0.15) is 77.2 Å². The Kier molecular flexibility index (Phi) is 8.64. The molecule has 1 aliphatic carbocycles. The summed E-state index contributed by atoms with van der Waals surface area (Å²) in [5.74, 6) is -0.636. The van der Waals surface area contributed by atoms with E-state index in [9.17, 15) is 14.7 Å². The Labute approximate surface area is 228 Å². The van der Waals surface area contributed by atoms with Crippen LogP contribution in [0.2, 0.25) is 0 Å². The van der Waals surface area contributed by atoms with Gasteiger partial charge in [0.15, 0.2) is 0 Å². The number of amides is 2. The summed E-state index contributed by atoms with van der Waals surface area (Å²) in [6, 6.07) is 16.2. The SMILES string of the molecule is CC(C)(C)NC(=O)OC1CCN(C(=O)C(c2ccc(-c3cccc(Br)c3)cc2)C2(O)CCCCC2)CC1. The van der Waals surface area contributed by atoms with E-state index in [1.807, 2.05) is 62.1 Å². The number of nitrogens with one attached hydrogen (secondary N) is 1. The van der Waals surface area contributed by atoms with Gasteiger partial charge in [-0.05, 0) is 62.4 Å². The molecule has 1 saturated heterocycles. The highest BCUT2D eigenvalue weighted by Gasteiger charge is 2.45. The average Bonchev–Trinajstić information content (AvgIpc) is 2.84. The summed E-state index contributed by atoms with van der Waals surface area (Å²) in [6.45, 7) is 6.76. The van der Waals surface area contributed by atoms with Gasteiger partial charge in [-0.3, -0.25) is 4.79 Å². The van der Waals surface area contributed by atoms with Crippen molar-refractivity contribution in [2.24, 2.45) is 0 Å². The van der Waals surface area contributed by atoms with E-state index in [1.165, 1.54) is 0 Å². The Morgan fingerprint density at radius 3 is 2.27 bits per heavy atom. The average molecular weight is 572 g/mol. The van der Waals surface area contributed by atoms with Crippen LogP contribution in [0.25, 0.3) is 11.1 Å². The minimum Gasteiger partial charge on any atom is -0.446 e. The van der Waals surface area contributed by atoms with Gasteiger partial charge in [0.1, 0.15) is 6.10 Å². The summed E-state index contributed by atoms with van der Waals surface area (Å²) in [5, 5.41) is 14.6. The highest BCUT2D eigenvalue weighted by molar-refractivity contribution is 9.10. The van der Waals surface area contributed by atoms with Gasteiger partial charge in [0, 0.05) is 35.9 Å². The zero-order valence-electron chi connectivity index (χ0n) is 22.1. The van der Waals surface area contributed by atoms with Crippen LogP contribution in [0.5, 0.6) is 0 Å². The molecule has 0 aromatic heterocycles. The highest BCUT2D eigenvalue weighted by atomic mass is 79.9. The number of carbonyl (C=O) groups is 2. The van der Waals surface area contributed by atoms with Crippen molar-refractivity contribution in [3.05, 3.63) is 58.6 Å². The van der Waals surface area contributed by atoms with Gasteiger partial charge in [-0.15, -0.1) is 0 Å². The topological polar surface area (TPSA) is 78.9 Å². The summed E-state index contributed by atoms with van der Waals surface area (Å²) in [5.41, 5.74) is 1.61. The monoisotopic (exact) mass is 570 g/mol. The minimum absolute atomic E-state index is 0.0304. The third-order valence-corrected chi connectivity index (χ3v) is 7.90. The van der Waals surface area contributed by atoms with Crippen molar-refractivity contribution in [3.8, 4) is 11.1 Å². The van der Waals surface area contributed by atoms with E-state index >= 15 is 0 Å². The van der Waals surface area contributed by atoms with Crippen LogP contribution in [0.3, 0.4) is 0 Å². The van der Waals surface area contributed by atoms with Crippen molar-refractivity contribution in [1.82, 2.24) is 10.2 Å². The molecule has 2 amide bonds. The lowest BCUT2D eigenvalue weighted by Crippen LogP contribution is -2.51. The third kappa shape index (κ3) is 7.14. The Bertz CT molecular complexity index is 1080. The number of ether oxygens (including phenoxy) is 1. The lowest BCUT2D eigenvalue weighted by Gasteiger charge is -2.42. The summed E-state index contributed by atoms with van der Waals surface area (Å²) in [4.78, 5) is 28.0. The molecule has 4 rings (SSSR count). The van der Waals surface area contributed by atoms with Crippen molar-refractivity contribution >= 4 is 27.9 Å². The van der Waals surface area contributed by atoms with Crippen molar-refractivity contribution in [1.29, 1.82) is 0 Å². The summed E-state index contributed by atoms with van der Waals surface area (Å²) < 4.78 is 6.62. The normalized spacial score (nSPS) is 19.2. The molecule has 1 heterocycles. The van der Waals surface area contributed by atoms with E-state index < -0.39 is 17.6 Å². The van der Waals surface area contributed by atoms with Crippen LogP contribution in [-0.4, -0.2) is 52.3 Å². The van der Waals surface area contributed by atoms with Crippen LogP contribution in [-0.2, 0) is 9.53 Å². The summed E-state index contributed by atoms with van der Waals surface area (Å²) in [6.07, 6.45) is 4.75. The van der Waals surface area contributed by atoms with Crippen molar-refractivity contribution in [2.75, 3.05) is 13.1 Å². The maximum absolute atomic E-state index is 14.0. The van der Waals surface area contributed by atoms with E-state index in [4.69, 9.17) is 4.74 Å². The molecule has 1 saturated carbocycles. The molecule has 37 heavy (non-hydrogen) atoms. The van der Waals surface area contributed by atoms with Gasteiger partial charge in [-0.25, -0.2) is 4.79 Å². The van der Waals surface area contributed by atoms with Gasteiger partial charge in [0.2, 0.25) is 5.91 Å². The Hall–Kier alpha value is -2.38. The molecular weight excluding hydrogens is 532 g/mol. The number of alkyl carbamates (subject to hydrolysis) is 1. The Morgan fingerprint density at radius 1 is 1.03 bits per heavy atom. The molecule has 0 bridgehead atoms. The number of halogens is 1. The van der Waals surface area contributed by atoms with Gasteiger partial charge < -0.3 is 20.1 Å². The fraction of sp³-hybridized carbons (Fsp3) is 0.533. The van der Waals surface area contributed by atoms with Crippen LogP contribution < -0.4 is 5.32 Å². The second-order valence-electron chi connectivity index (χ2n) is 11.5. The lowest BCUT2D eigenvalue weighted by atomic mass is 9.72. The second kappa shape index (κ2) is 11.6. The molecule has 0 spiro atoms. The number of benzene rings is 2. The van der Waals surface area contributed by atoms with E-state index in [-0.39, 0.29) is 17.6 Å². The van der Waals surface area contributed by atoms with Gasteiger partial charge >= 0.3 is 6.09 Å². The zero-order chi connectivity index (χ0) is 26.6. The maximum Gasteiger partial charge on any atom is 0.407 e. The van der Waals surface area contributed by atoms with Gasteiger partial charge in [0.05, 0.1) is 11.5 Å². The molecule has 0 radical (unpaired) electrons. The van der Waals surface area contributed by atoms with Crippen molar-refractivity contribution < 1.29 is 19.4 Å². The Balaban J connectivity index is 1.49. The molecule has 2 aliphatic rings. The number of nitrogens with zero attached hydrogens (tertiary/aromatic N) is 1. The van der Waals surface area contributed by atoms with Crippen molar-refractivity contribution in [3.63, 3.8) is 0 Å². The number of rotatable bonds is 5. The number of piperidine rings is 1. The van der Waals surface area contributed by atoms with E-state index in [0.717, 1.165) is 40.4 Å². The first-order valence-corrected chi connectivity index (χ1v) is 14.2. The lowest BCUT2D eigenvalue weighted by molar-refractivity contribution is -0.143.